The lowest BCUT2D eigenvalue weighted by atomic mass is 10.1. The molecule has 0 saturated carbocycles. The first-order valence-electron chi connectivity index (χ1n) is 9.54. The highest BCUT2D eigenvalue weighted by Gasteiger charge is 2.18. The van der Waals surface area contributed by atoms with Gasteiger partial charge in [-0.2, -0.15) is 0 Å². The van der Waals surface area contributed by atoms with Gasteiger partial charge in [-0.3, -0.25) is 9.79 Å². The number of carbonyl (C=O) groups excluding carboxylic acids is 1. The molecule has 0 aliphatic carbocycles. The molecule has 0 unspecified atom stereocenters. The van der Waals surface area contributed by atoms with Crippen LogP contribution in [0.1, 0.15) is 15.9 Å². The molecule has 30 heavy (non-hydrogen) atoms. The smallest absolute Gasteiger partial charge is 0.251 e. The van der Waals surface area contributed by atoms with Crippen molar-refractivity contribution in [2.75, 3.05) is 44.2 Å². The zero-order valence-electron chi connectivity index (χ0n) is 16.8. The Bertz CT molecular complexity index is 883. The molecule has 162 valence electrons. The number of nitrogens with one attached hydrogen (secondary N) is 1. The zero-order valence-corrected chi connectivity index (χ0v) is 19.1. The van der Waals surface area contributed by atoms with E-state index in [4.69, 9.17) is 5.73 Å². The first kappa shape index (κ1) is 23.8. The van der Waals surface area contributed by atoms with Crippen molar-refractivity contribution < 1.29 is 13.6 Å². The number of nitrogens with two attached hydrogens (primary N) is 1. The number of anilines is 1. The van der Waals surface area contributed by atoms with Crippen LogP contribution in [0.5, 0.6) is 0 Å². The summed E-state index contributed by atoms with van der Waals surface area (Å²) in [5, 5.41) is 2.71. The summed E-state index contributed by atoms with van der Waals surface area (Å²) in [4.78, 5) is 20.5. The molecule has 1 heterocycles. The molecule has 1 saturated heterocycles. The number of halogens is 3. The summed E-state index contributed by atoms with van der Waals surface area (Å²) in [7, 11) is 0. The van der Waals surface area contributed by atoms with Crippen LogP contribution in [-0.2, 0) is 0 Å². The quantitative estimate of drug-likeness (QED) is 0.271. The van der Waals surface area contributed by atoms with Gasteiger partial charge in [-0.25, -0.2) is 8.78 Å². The van der Waals surface area contributed by atoms with Crippen LogP contribution in [0.2, 0.25) is 0 Å². The first-order chi connectivity index (χ1) is 13.9. The highest BCUT2D eigenvalue weighted by Crippen LogP contribution is 2.16. The molecule has 2 aromatic rings. The van der Waals surface area contributed by atoms with E-state index >= 15 is 0 Å². The highest BCUT2D eigenvalue weighted by molar-refractivity contribution is 14.0. The van der Waals surface area contributed by atoms with Crippen LogP contribution in [0.25, 0.3) is 0 Å². The van der Waals surface area contributed by atoms with E-state index in [9.17, 15) is 13.6 Å². The molecule has 1 aliphatic rings. The number of carbonyl (C=O) groups is 1. The molecular weight excluding hydrogens is 503 g/mol. The Balaban J connectivity index is 0.00000320. The summed E-state index contributed by atoms with van der Waals surface area (Å²) in [6.45, 7) is 5.24. The Labute approximate surface area is 192 Å². The maximum Gasteiger partial charge on any atom is 0.251 e. The minimum Gasteiger partial charge on any atom is -0.370 e. The van der Waals surface area contributed by atoms with Crippen LogP contribution in [0.4, 0.5) is 14.5 Å². The van der Waals surface area contributed by atoms with Gasteiger partial charge >= 0.3 is 0 Å². The first-order valence-corrected chi connectivity index (χ1v) is 9.54. The van der Waals surface area contributed by atoms with Crippen molar-refractivity contribution in [2.24, 2.45) is 10.7 Å². The maximum atomic E-state index is 13.5. The number of hydrogen-bond acceptors (Lipinski definition) is 3. The monoisotopic (exact) mass is 529 g/mol. The molecule has 0 bridgehead atoms. The van der Waals surface area contributed by atoms with Crippen LogP contribution in [-0.4, -0.2) is 56.0 Å². The summed E-state index contributed by atoms with van der Waals surface area (Å²) in [6.07, 6.45) is 0. The van der Waals surface area contributed by atoms with E-state index in [1.54, 1.807) is 31.2 Å². The number of aliphatic imine (C=N–C) groups is 1. The molecule has 0 aromatic heterocycles. The SMILES string of the molecule is Cc1ccc(C(=O)NCCN=C(N)N2CCN(c3ccc(F)cc3)CC2)cc1F.I. The third-order valence-corrected chi connectivity index (χ3v) is 4.90. The minimum atomic E-state index is -0.403. The Hall–Kier alpha value is -2.43. The van der Waals surface area contributed by atoms with Crippen molar-refractivity contribution in [3.05, 3.63) is 65.2 Å². The molecule has 0 atom stereocenters. The molecule has 6 nitrogen and oxygen atoms in total. The van der Waals surface area contributed by atoms with Crippen LogP contribution in [0, 0.1) is 18.6 Å². The normalized spacial score (nSPS) is 14.3. The van der Waals surface area contributed by atoms with Crippen molar-refractivity contribution in [3.8, 4) is 0 Å². The molecular formula is C21H26F2IN5O. The Morgan fingerprint density at radius 3 is 2.40 bits per heavy atom. The molecule has 3 rings (SSSR count). The lowest BCUT2D eigenvalue weighted by molar-refractivity contribution is 0.0954. The van der Waals surface area contributed by atoms with Crippen LogP contribution in [0.15, 0.2) is 47.5 Å². The van der Waals surface area contributed by atoms with Gasteiger partial charge in [-0.15, -0.1) is 24.0 Å². The molecule has 3 N–H and O–H groups in total. The van der Waals surface area contributed by atoms with Gasteiger partial charge in [0.15, 0.2) is 5.96 Å². The van der Waals surface area contributed by atoms with Crippen molar-refractivity contribution in [3.63, 3.8) is 0 Å². The predicted octanol–water partition coefficient (Wildman–Crippen LogP) is 2.76. The van der Waals surface area contributed by atoms with Gasteiger partial charge in [0.25, 0.3) is 5.91 Å². The van der Waals surface area contributed by atoms with Gasteiger partial charge in [-0.05, 0) is 48.9 Å². The van der Waals surface area contributed by atoms with Gasteiger partial charge in [-0.1, -0.05) is 6.07 Å². The van der Waals surface area contributed by atoms with Crippen molar-refractivity contribution in [1.29, 1.82) is 0 Å². The third-order valence-electron chi connectivity index (χ3n) is 4.90. The zero-order chi connectivity index (χ0) is 20.8. The average Bonchev–Trinajstić information content (AvgIpc) is 2.73. The number of benzene rings is 2. The summed E-state index contributed by atoms with van der Waals surface area (Å²) in [5.74, 6) is -0.562. The Morgan fingerprint density at radius 1 is 1.10 bits per heavy atom. The minimum absolute atomic E-state index is 0. The molecule has 1 fully saturated rings. The van der Waals surface area contributed by atoms with Gasteiger partial charge in [0.05, 0.1) is 6.54 Å². The number of nitrogens with zero attached hydrogens (tertiary/aromatic N) is 3. The number of amides is 1. The van der Waals surface area contributed by atoms with Crippen LogP contribution >= 0.6 is 24.0 Å². The maximum absolute atomic E-state index is 13.5. The summed E-state index contributed by atoms with van der Waals surface area (Å²) >= 11 is 0. The Morgan fingerprint density at radius 2 is 1.77 bits per heavy atom. The van der Waals surface area contributed by atoms with E-state index in [0.717, 1.165) is 18.8 Å². The summed E-state index contributed by atoms with van der Waals surface area (Å²) in [5.41, 5.74) is 7.82. The van der Waals surface area contributed by atoms with E-state index in [0.29, 0.717) is 37.7 Å². The number of guanidine groups is 1. The second-order valence-corrected chi connectivity index (χ2v) is 6.91. The van der Waals surface area contributed by atoms with Crippen LogP contribution < -0.4 is 16.0 Å². The topological polar surface area (TPSA) is 74.0 Å². The van der Waals surface area contributed by atoms with Crippen molar-refractivity contribution in [1.82, 2.24) is 10.2 Å². The fourth-order valence-corrected chi connectivity index (χ4v) is 3.12. The standard InChI is InChI=1S/C21H25F2N5O.HI/c1-15-2-3-16(14-19(15)23)20(29)25-8-9-26-21(24)28-12-10-27(11-13-28)18-6-4-17(22)5-7-18;/h2-7,14H,8-13H2,1H3,(H2,24,26)(H,25,29);1H. The van der Waals surface area contributed by atoms with E-state index < -0.39 is 5.82 Å². The van der Waals surface area contributed by atoms with E-state index in [-0.39, 0.29) is 41.3 Å². The molecule has 2 aromatic carbocycles. The third kappa shape index (κ3) is 6.28. The second-order valence-electron chi connectivity index (χ2n) is 6.91. The van der Waals surface area contributed by atoms with Gasteiger partial charge in [0, 0.05) is 44.0 Å². The number of rotatable bonds is 5. The van der Waals surface area contributed by atoms with Crippen molar-refractivity contribution >= 4 is 41.5 Å². The molecule has 1 aliphatic heterocycles. The van der Waals surface area contributed by atoms with E-state index in [2.05, 4.69) is 15.2 Å². The van der Waals surface area contributed by atoms with E-state index in [1.165, 1.54) is 18.2 Å². The lowest BCUT2D eigenvalue weighted by Gasteiger charge is -2.36. The fourth-order valence-electron chi connectivity index (χ4n) is 3.12. The second kappa shape index (κ2) is 11.1. The van der Waals surface area contributed by atoms with Gasteiger partial charge in [0.2, 0.25) is 0 Å². The van der Waals surface area contributed by atoms with E-state index in [1.807, 2.05) is 4.90 Å². The van der Waals surface area contributed by atoms with Gasteiger partial charge in [0.1, 0.15) is 11.6 Å². The Kier molecular flexibility index (Phi) is 8.82. The number of aryl methyl sites for hydroxylation is 1. The van der Waals surface area contributed by atoms with Crippen LogP contribution in [0.3, 0.4) is 0 Å². The lowest BCUT2D eigenvalue weighted by Crippen LogP contribution is -2.51. The molecule has 9 heteroatoms. The number of piperazine rings is 1. The summed E-state index contributed by atoms with van der Waals surface area (Å²) in [6, 6.07) is 10.8. The number of hydrogen-bond donors (Lipinski definition) is 2. The predicted molar refractivity (Wildman–Crippen MR) is 126 cm³/mol. The van der Waals surface area contributed by atoms with Crippen molar-refractivity contribution in [2.45, 2.75) is 6.92 Å². The fraction of sp³-hybridized carbons (Fsp3) is 0.333. The molecule has 0 spiro atoms. The molecule has 0 radical (unpaired) electrons. The molecule has 1 amide bonds. The van der Waals surface area contributed by atoms with Gasteiger partial charge < -0.3 is 20.9 Å². The highest BCUT2D eigenvalue weighted by atomic mass is 127. The largest absolute Gasteiger partial charge is 0.370 e. The summed E-state index contributed by atoms with van der Waals surface area (Å²) < 4.78 is 26.6. The average molecular weight is 529 g/mol.